The number of thiocarbonyl (C=S) groups is 1. The Morgan fingerprint density at radius 1 is 1.45 bits per heavy atom. The molecule has 2 aromatic heterocycles. The van der Waals surface area contributed by atoms with Gasteiger partial charge in [0.05, 0.1) is 16.6 Å². The number of hydrogen-bond acceptors (Lipinski definition) is 7. The Morgan fingerprint density at radius 2 is 2.26 bits per heavy atom. The molecule has 2 aliphatic heterocycles. The summed E-state index contributed by atoms with van der Waals surface area (Å²) >= 11 is 6.66. The van der Waals surface area contributed by atoms with Crippen molar-refractivity contribution in [3.8, 4) is 0 Å². The molecule has 1 N–H and O–H groups in total. The van der Waals surface area contributed by atoms with E-state index in [1.807, 2.05) is 32.9 Å². The molecule has 0 spiro atoms. The van der Waals surface area contributed by atoms with Crippen LogP contribution < -0.4 is 10.9 Å². The Hall–Kier alpha value is -2.23. The number of pyridine rings is 1. The maximum atomic E-state index is 13.4. The van der Waals surface area contributed by atoms with Crippen LogP contribution in [-0.2, 0) is 9.53 Å². The van der Waals surface area contributed by atoms with Gasteiger partial charge in [-0.1, -0.05) is 37.0 Å². The lowest BCUT2D eigenvalue weighted by atomic mass is 10.2. The zero-order valence-corrected chi connectivity index (χ0v) is 19.5. The van der Waals surface area contributed by atoms with Crippen LogP contribution in [0.25, 0.3) is 11.7 Å². The molecule has 2 saturated heterocycles. The van der Waals surface area contributed by atoms with E-state index in [2.05, 4.69) is 5.32 Å². The van der Waals surface area contributed by atoms with E-state index >= 15 is 0 Å². The molecule has 0 aromatic carbocycles. The van der Waals surface area contributed by atoms with Crippen molar-refractivity contribution in [1.29, 1.82) is 0 Å². The van der Waals surface area contributed by atoms with Crippen LogP contribution >= 0.6 is 24.0 Å². The number of nitrogens with zero attached hydrogens (tertiary/aromatic N) is 3. The van der Waals surface area contributed by atoms with Gasteiger partial charge in [-0.2, -0.15) is 0 Å². The summed E-state index contributed by atoms with van der Waals surface area (Å²) in [6.07, 6.45) is 6.22. The molecule has 0 bridgehead atoms. The van der Waals surface area contributed by atoms with Crippen molar-refractivity contribution in [2.45, 2.75) is 52.2 Å². The van der Waals surface area contributed by atoms with Crippen molar-refractivity contribution in [2.75, 3.05) is 18.5 Å². The lowest BCUT2D eigenvalue weighted by Gasteiger charge is -2.21. The van der Waals surface area contributed by atoms with E-state index < -0.39 is 0 Å². The number of amides is 1. The molecule has 31 heavy (non-hydrogen) atoms. The maximum absolute atomic E-state index is 13.4. The Morgan fingerprint density at radius 3 is 2.97 bits per heavy atom. The van der Waals surface area contributed by atoms with Crippen LogP contribution in [0.4, 0.5) is 5.82 Å². The molecule has 2 atom stereocenters. The molecule has 4 heterocycles. The van der Waals surface area contributed by atoms with Crippen molar-refractivity contribution in [3.63, 3.8) is 0 Å². The zero-order chi connectivity index (χ0) is 22.1. The number of fused-ring (bicyclic) bond motifs is 1. The number of aryl methyl sites for hydroxylation is 1. The first kappa shape index (κ1) is 22.0. The van der Waals surface area contributed by atoms with Crippen LogP contribution in [-0.4, -0.2) is 49.8 Å². The third-order valence-electron chi connectivity index (χ3n) is 5.74. The molecule has 2 aromatic rings. The van der Waals surface area contributed by atoms with Gasteiger partial charge in [0.15, 0.2) is 0 Å². The number of rotatable bonds is 6. The summed E-state index contributed by atoms with van der Waals surface area (Å²) in [6.45, 7) is 7.22. The van der Waals surface area contributed by atoms with Crippen LogP contribution in [0.3, 0.4) is 0 Å². The smallest absolute Gasteiger partial charge is 0.267 e. The molecular formula is C22H26N4O3S2. The highest BCUT2D eigenvalue weighted by Crippen LogP contribution is 2.35. The van der Waals surface area contributed by atoms with Gasteiger partial charge in [0.2, 0.25) is 0 Å². The van der Waals surface area contributed by atoms with Crippen molar-refractivity contribution >= 4 is 51.7 Å². The number of aromatic nitrogens is 2. The fourth-order valence-corrected chi connectivity index (χ4v) is 5.21. The normalized spacial score (nSPS) is 21.5. The Balaban J connectivity index is 1.78. The first-order valence-electron chi connectivity index (χ1n) is 10.5. The van der Waals surface area contributed by atoms with Gasteiger partial charge in [0.25, 0.3) is 11.5 Å². The number of anilines is 1. The summed E-state index contributed by atoms with van der Waals surface area (Å²) < 4.78 is 7.74. The predicted molar refractivity (Wildman–Crippen MR) is 128 cm³/mol. The zero-order valence-electron chi connectivity index (χ0n) is 17.9. The van der Waals surface area contributed by atoms with Crippen molar-refractivity contribution in [1.82, 2.24) is 14.3 Å². The van der Waals surface area contributed by atoms with Crippen LogP contribution in [0.2, 0.25) is 0 Å². The summed E-state index contributed by atoms with van der Waals surface area (Å²) in [4.78, 5) is 33.2. The summed E-state index contributed by atoms with van der Waals surface area (Å²) in [5.74, 6) is 0.298. The van der Waals surface area contributed by atoms with Gasteiger partial charge in [0.1, 0.15) is 15.8 Å². The number of hydrogen-bond donors (Lipinski definition) is 1. The average molecular weight is 459 g/mol. The fraction of sp³-hybridized carbons (Fsp3) is 0.455. The monoisotopic (exact) mass is 458 g/mol. The number of thioether (sulfide) groups is 1. The molecule has 9 heteroatoms. The molecular weight excluding hydrogens is 432 g/mol. The Labute approximate surface area is 190 Å². The Bertz CT molecular complexity index is 1120. The van der Waals surface area contributed by atoms with E-state index in [0.717, 1.165) is 31.4 Å². The highest BCUT2D eigenvalue weighted by atomic mass is 32.2. The second-order valence-electron chi connectivity index (χ2n) is 7.89. The van der Waals surface area contributed by atoms with E-state index in [0.29, 0.717) is 32.8 Å². The summed E-state index contributed by atoms with van der Waals surface area (Å²) in [5, 5.41) is 3.30. The van der Waals surface area contributed by atoms with E-state index in [1.54, 1.807) is 17.2 Å². The van der Waals surface area contributed by atoms with Gasteiger partial charge in [-0.15, -0.1) is 0 Å². The van der Waals surface area contributed by atoms with Gasteiger partial charge >= 0.3 is 0 Å². The number of carbonyl (C=O) groups is 1. The minimum absolute atomic E-state index is 0.00832. The first-order valence-corrected chi connectivity index (χ1v) is 11.8. The van der Waals surface area contributed by atoms with Gasteiger partial charge in [-0.3, -0.25) is 18.9 Å². The third kappa shape index (κ3) is 4.26. The summed E-state index contributed by atoms with van der Waals surface area (Å²) in [7, 11) is 0. The molecule has 2 aliphatic rings. The minimum atomic E-state index is -0.225. The fourth-order valence-electron chi connectivity index (χ4n) is 3.77. The summed E-state index contributed by atoms with van der Waals surface area (Å²) in [5.41, 5.74) is 1.61. The molecule has 2 fully saturated rings. The number of ether oxygens (including phenoxy) is 1. The maximum Gasteiger partial charge on any atom is 0.267 e. The predicted octanol–water partition coefficient (Wildman–Crippen LogP) is 3.59. The highest BCUT2D eigenvalue weighted by Gasteiger charge is 2.35. The van der Waals surface area contributed by atoms with Gasteiger partial charge < -0.3 is 10.1 Å². The first-order chi connectivity index (χ1) is 14.9. The van der Waals surface area contributed by atoms with E-state index in [9.17, 15) is 9.59 Å². The van der Waals surface area contributed by atoms with Crippen LogP contribution in [0.15, 0.2) is 28.0 Å². The van der Waals surface area contributed by atoms with E-state index in [-0.39, 0.29) is 23.6 Å². The topological polar surface area (TPSA) is 75.9 Å². The molecule has 4 rings (SSSR count). The number of carbonyl (C=O) groups excluding carboxylic acids is 1. The van der Waals surface area contributed by atoms with Crippen LogP contribution in [0, 0.1) is 6.92 Å². The molecule has 0 saturated carbocycles. The SMILES string of the molecule is CC[C@@H](C)N1C(=O)/C(=C/c2c(NC[C@H]3CCCO3)nc3c(C)cccn3c2=O)SC1=S. The molecule has 0 radical (unpaired) electrons. The van der Waals surface area contributed by atoms with Gasteiger partial charge in [-0.05, 0) is 50.8 Å². The lowest BCUT2D eigenvalue weighted by molar-refractivity contribution is -0.123. The Kier molecular flexibility index (Phi) is 6.45. The van der Waals surface area contributed by atoms with Crippen molar-refractivity contribution < 1.29 is 9.53 Å². The lowest BCUT2D eigenvalue weighted by Crippen LogP contribution is -2.36. The molecule has 164 valence electrons. The third-order valence-corrected chi connectivity index (χ3v) is 7.07. The number of nitrogens with one attached hydrogen (secondary N) is 1. The largest absolute Gasteiger partial charge is 0.376 e. The van der Waals surface area contributed by atoms with Gasteiger partial charge in [-0.25, -0.2) is 4.98 Å². The second kappa shape index (κ2) is 9.10. The standard InChI is InChI=1S/C22H26N4O3S2/c1-4-14(3)26-21(28)17(31-22(26)30)11-16-18(23-12-15-8-6-10-29-15)24-19-13(2)7-5-9-25(19)20(16)27/h5,7,9,11,14-15,23H,4,6,8,10,12H2,1-3H3/b17-11-/t14-,15-/m1/s1. The quantitative estimate of drug-likeness (QED) is 0.524. The van der Waals surface area contributed by atoms with Crippen LogP contribution in [0.1, 0.15) is 44.2 Å². The molecule has 7 nitrogen and oxygen atoms in total. The van der Waals surface area contributed by atoms with Gasteiger partial charge in [0, 0.05) is 25.4 Å². The molecule has 0 unspecified atom stereocenters. The van der Waals surface area contributed by atoms with Crippen molar-refractivity contribution in [3.05, 3.63) is 44.7 Å². The minimum Gasteiger partial charge on any atom is -0.376 e. The molecule has 0 aliphatic carbocycles. The summed E-state index contributed by atoms with van der Waals surface area (Å²) in [6, 6.07) is 3.74. The van der Waals surface area contributed by atoms with Crippen molar-refractivity contribution in [2.24, 2.45) is 0 Å². The highest BCUT2D eigenvalue weighted by molar-refractivity contribution is 8.26. The van der Waals surface area contributed by atoms with E-state index in [4.69, 9.17) is 21.9 Å². The molecule has 1 amide bonds. The second-order valence-corrected chi connectivity index (χ2v) is 9.56. The van der Waals surface area contributed by atoms with Crippen LogP contribution in [0.5, 0.6) is 0 Å². The average Bonchev–Trinajstić information content (AvgIpc) is 3.37. The van der Waals surface area contributed by atoms with E-state index in [1.165, 1.54) is 16.2 Å².